The number of para-hydroxylation sites is 2. The highest BCUT2D eigenvalue weighted by atomic mass is 19.1. The van der Waals surface area contributed by atoms with Crippen molar-refractivity contribution in [1.82, 2.24) is 14.8 Å². The molecular formula is C23H19FN4O2. The smallest absolute Gasteiger partial charge is 0.295 e. The van der Waals surface area contributed by atoms with Gasteiger partial charge in [0.1, 0.15) is 11.6 Å². The van der Waals surface area contributed by atoms with E-state index in [1.165, 1.54) is 16.8 Å². The Morgan fingerprint density at radius 2 is 1.70 bits per heavy atom. The van der Waals surface area contributed by atoms with Crippen LogP contribution in [0, 0.1) is 5.82 Å². The minimum absolute atomic E-state index is 0.00974. The first-order chi connectivity index (χ1) is 14.7. The molecule has 0 atom stereocenters. The molecule has 150 valence electrons. The average Bonchev–Trinajstić information content (AvgIpc) is 3.22. The molecule has 0 saturated heterocycles. The number of amides is 1. The lowest BCUT2D eigenvalue weighted by atomic mass is 10.2. The van der Waals surface area contributed by atoms with E-state index in [4.69, 9.17) is 4.74 Å². The Hall–Kier alpha value is -4.00. The fourth-order valence-electron chi connectivity index (χ4n) is 2.97. The highest BCUT2D eigenvalue weighted by Gasteiger charge is 2.20. The molecule has 0 bridgehead atoms. The van der Waals surface area contributed by atoms with Gasteiger partial charge in [-0.25, -0.2) is 14.1 Å². The van der Waals surface area contributed by atoms with Gasteiger partial charge in [0.25, 0.3) is 5.91 Å². The summed E-state index contributed by atoms with van der Waals surface area (Å²) in [5.74, 6) is 0.204. The normalized spacial score (nSPS) is 10.6. The van der Waals surface area contributed by atoms with Crippen LogP contribution >= 0.6 is 0 Å². The van der Waals surface area contributed by atoms with E-state index in [-0.39, 0.29) is 11.6 Å². The SMILES string of the molecule is CCOc1ccccc1NC(=O)c1nc(-c2ccccc2)n(-c2ccc(F)cc2)n1. The minimum Gasteiger partial charge on any atom is -0.492 e. The van der Waals surface area contributed by atoms with E-state index in [2.05, 4.69) is 15.4 Å². The Kier molecular flexibility index (Phi) is 5.52. The summed E-state index contributed by atoms with van der Waals surface area (Å²) >= 11 is 0. The number of benzene rings is 3. The van der Waals surface area contributed by atoms with Crippen LogP contribution in [-0.4, -0.2) is 27.3 Å². The zero-order chi connectivity index (χ0) is 20.9. The summed E-state index contributed by atoms with van der Waals surface area (Å²) in [5, 5.41) is 7.19. The molecule has 0 aliphatic heterocycles. The molecule has 3 aromatic carbocycles. The molecule has 1 N–H and O–H groups in total. The highest BCUT2D eigenvalue weighted by Crippen LogP contribution is 2.25. The van der Waals surface area contributed by atoms with Crippen LogP contribution in [0.1, 0.15) is 17.5 Å². The molecule has 0 saturated carbocycles. The minimum atomic E-state index is -0.472. The maximum Gasteiger partial charge on any atom is 0.295 e. The fraction of sp³-hybridized carbons (Fsp3) is 0.0870. The number of rotatable bonds is 6. The predicted octanol–water partition coefficient (Wildman–Crippen LogP) is 4.72. The number of nitrogens with one attached hydrogen (secondary N) is 1. The number of anilines is 1. The number of hydrogen-bond donors (Lipinski definition) is 1. The molecule has 1 heterocycles. The molecule has 1 aromatic heterocycles. The largest absolute Gasteiger partial charge is 0.492 e. The molecular weight excluding hydrogens is 383 g/mol. The number of hydrogen-bond acceptors (Lipinski definition) is 4. The van der Waals surface area contributed by atoms with E-state index in [1.807, 2.05) is 43.3 Å². The second kappa shape index (κ2) is 8.57. The summed E-state index contributed by atoms with van der Waals surface area (Å²) in [5.41, 5.74) is 1.91. The van der Waals surface area contributed by atoms with Gasteiger partial charge in [0.05, 0.1) is 18.0 Å². The van der Waals surface area contributed by atoms with Gasteiger partial charge in [-0.1, -0.05) is 42.5 Å². The second-order valence-corrected chi connectivity index (χ2v) is 6.40. The first-order valence-corrected chi connectivity index (χ1v) is 9.47. The average molecular weight is 402 g/mol. The van der Waals surface area contributed by atoms with E-state index in [1.54, 1.807) is 30.3 Å². The van der Waals surface area contributed by atoms with E-state index in [0.29, 0.717) is 29.6 Å². The number of carbonyl (C=O) groups is 1. The van der Waals surface area contributed by atoms with Gasteiger partial charge < -0.3 is 10.1 Å². The third-order valence-electron chi connectivity index (χ3n) is 4.35. The Bertz CT molecular complexity index is 1160. The zero-order valence-electron chi connectivity index (χ0n) is 16.2. The molecule has 0 fully saturated rings. The number of ether oxygens (including phenoxy) is 1. The molecule has 4 rings (SSSR count). The molecule has 0 spiro atoms. The summed E-state index contributed by atoms with van der Waals surface area (Å²) in [6.45, 7) is 2.35. The van der Waals surface area contributed by atoms with Crippen molar-refractivity contribution in [3.8, 4) is 22.8 Å². The second-order valence-electron chi connectivity index (χ2n) is 6.40. The van der Waals surface area contributed by atoms with Gasteiger partial charge in [0.2, 0.25) is 5.82 Å². The third-order valence-corrected chi connectivity index (χ3v) is 4.35. The third kappa shape index (κ3) is 4.05. The molecule has 0 unspecified atom stereocenters. The molecule has 0 aliphatic carbocycles. The number of nitrogens with zero attached hydrogens (tertiary/aromatic N) is 3. The van der Waals surface area contributed by atoms with Crippen LogP contribution in [0.25, 0.3) is 17.1 Å². The molecule has 4 aromatic rings. The molecule has 1 amide bonds. The van der Waals surface area contributed by atoms with Crippen molar-refractivity contribution in [2.45, 2.75) is 6.92 Å². The Balaban J connectivity index is 1.72. The summed E-state index contributed by atoms with van der Waals surface area (Å²) in [6.07, 6.45) is 0. The first kappa shape index (κ1) is 19.3. The van der Waals surface area contributed by atoms with E-state index < -0.39 is 5.91 Å². The summed E-state index contributed by atoms with van der Waals surface area (Å²) in [4.78, 5) is 17.3. The van der Waals surface area contributed by atoms with Crippen molar-refractivity contribution in [3.05, 3.63) is 90.5 Å². The van der Waals surface area contributed by atoms with Gasteiger partial charge >= 0.3 is 0 Å². The molecule has 0 radical (unpaired) electrons. The first-order valence-electron chi connectivity index (χ1n) is 9.47. The van der Waals surface area contributed by atoms with Crippen LogP contribution in [-0.2, 0) is 0 Å². The van der Waals surface area contributed by atoms with Gasteiger partial charge in [0, 0.05) is 5.56 Å². The molecule has 0 aliphatic rings. The lowest BCUT2D eigenvalue weighted by Crippen LogP contribution is -2.15. The monoisotopic (exact) mass is 402 g/mol. The molecule has 7 heteroatoms. The maximum atomic E-state index is 13.4. The topological polar surface area (TPSA) is 69.0 Å². The number of halogens is 1. The van der Waals surface area contributed by atoms with Crippen molar-refractivity contribution in [3.63, 3.8) is 0 Å². The van der Waals surface area contributed by atoms with Crippen LogP contribution in [0.3, 0.4) is 0 Å². The van der Waals surface area contributed by atoms with Crippen molar-refractivity contribution < 1.29 is 13.9 Å². The Morgan fingerprint density at radius 1 is 1.00 bits per heavy atom. The zero-order valence-corrected chi connectivity index (χ0v) is 16.2. The van der Waals surface area contributed by atoms with Crippen LogP contribution < -0.4 is 10.1 Å². The summed E-state index contributed by atoms with van der Waals surface area (Å²) in [7, 11) is 0. The Labute approximate surface area is 173 Å². The van der Waals surface area contributed by atoms with Crippen LogP contribution in [0.5, 0.6) is 5.75 Å². The number of aromatic nitrogens is 3. The highest BCUT2D eigenvalue weighted by molar-refractivity contribution is 6.02. The summed E-state index contributed by atoms with van der Waals surface area (Å²) in [6, 6.07) is 22.4. The van der Waals surface area contributed by atoms with Gasteiger partial charge in [-0.05, 0) is 43.3 Å². The predicted molar refractivity (Wildman–Crippen MR) is 112 cm³/mol. The van der Waals surface area contributed by atoms with E-state index >= 15 is 0 Å². The van der Waals surface area contributed by atoms with Gasteiger partial charge in [-0.15, -0.1) is 5.10 Å². The van der Waals surface area contributed by atoms with Crippen LogP contribution in [0.2, 0.25) is 0 Å². The van der Waals surface area contributed by atoms with Gasteiger partial charge in [-0.3, -0.25) is 4.79 Å². The van der Waals surface area contributed by atoms with Crippen LogP contribution in [0.4, 0.5) is 10.1 Å². The van der Waals surface area contributed by atoms with E-state index in [9.17, 15) is 9.18 Å². The quantitative estimate of drug-likeness (QED) is 0.506. The lowest BCUT2D eigenvalue weighted by Gasteiger charge is -2.09. The standard InChI is InChI=1S/C23H19FN4O2/c1-2-30-20-11-7-6-10-19(20)25-23(29)21-26-22(16-8-4-3-5-9-16)28(27-21)18-14-12-17(24)13-15-18/h3-15H,2H2,1H3,(H,25,29). The molecule has 30 heavy (non-hydrogen) atoms. The van der Waals surface area contributed by atoms with Crippen molar-refractivity contribution in [1.29, 1.82) is 0 Å². The fourth-order valence-corrected chi connectivity index (χ4v) is 2.97. The maximum absolute atomic E-state index is 13.4. The number of carbonyl (C=O) groups excluding carboxylic acids is 1. The molecule has 6 nitrogen and oxygen atoms in total. The van der Waals surface area contributed by atoms with Gasteiger partial charge in [-0.2, -0.15) is 0 Å². The van der Waals surface area contributed by atoms with Gasteiger partial charge in [0.15, 0.2) is 5.82 Å². The Morgan fingerprint density at radius 3 is 2.43 bits per heavy atom. The van der Waals surface area contributed by atoms with Crippen molar-refractivity contribution in [2.24, 2.45) is 0 Å². The van der Waals surface area contributed by atoms with Crippen molar-refractivity contribution in [2.75, 3.05) is 11.9 Å². The van der Waals surface area contributed by atoms with Crippen LogP contribution in [0.15, 0.2) is 78.9 Å². The summed E-state index contributed by atoms with van der Waals surface area (Å²) < 4.78 is 20.5. The lowest BCUT2D eigenvalue weighted by molar-refractivity contribution is 0.101. The van der Waals surface area contributed by atoms with Crippen molar-refractivity contribution >= 4 is 11.6 Å². The van der Waals surface area contributed by atoms with E-state index in [0.717, 1.165) is 5.56 Å².